The maximum atomic E-state index is 13.3. The van der Waals surface area contributed by atoms with Crippen LogP contribution < -0.4 is 4.74 Å². The number of pyridine rings is 1. The minimum Gasteiger partial charge on any atom is -0.507 e. The van der Waals surface area contributed by atoms with Crippen LogP contribution in [-0.4, -0.2) is 33.3 Å². The molecule has 0 aliphatic carbocycles. The monoisotopic (exact) mass is 482 g/mol. The zero-order valence-electron chi connectivity index (χ0n) is 20.8. The number of hydrogen-bond donors (Lipinski definition) is 1. The molecule has 0 bridgehead atoms. The summed E-state index contributed by atoms with van der Waals surface area (Å²) in [5.74, 6) is -0.965. The molecule has 1 fully saturated rings. The molecule has 3 aromatic rings. The summed E-state index contributed by atoms with van der Waals surface area (Å²) in [5.41, 5.74) is 3.17. The molecule has 1 N–H and O–H groups in total. The predicted octanol–water partition coefficient (Wildman–Crippen LogP) is 5.57. The van der Waals surface area contributed by atoms with Gasteiger partial charge in [0.2, 0.25) is 0 Å². The van der Waals surface area contributed by atoms with E-state index in [2.05, 4.69) is 32.3 Å². The van der Waals surface area contributed by atoms with E-state index in [0.29, 0.717) is 17.9 Å². The molecule has 0 saturated carbocycles. The number of amides is 1. The molecular weight excluding hydrogens is 452 g/mol. The van der Waals surface area contributed by atoms with Crippen molar-refractivity contribution in [1.82, 2.24) is 9.88 Å². The number of carbonyl (C=O) groups is 2. The average molecular weight is 483 g/mol. The standard InChI is InChI=1S/C30H30N2O4/c1-5-18-36-24-12-8-22(9-13-24)27(33)25-26(21-6-10-23(11-7-21)30(2,3)4)32(29(35)28(25)34)19-20-14-16-31-17-15-20/h5-17,26,33H,1,18-19H2,2-4H3/b27-25+. The summed E-state index contributed by atoms with van der Waals surface area (Å²) in [7, 11) is 0. The van der Waals surface area contributed by atoms with Crippen molar-refractivity contribution in [3.63, 3.8) is 0 Å². The van der Waals surface area contributed by atoms with Gasteiger partial charge in [0.05, 0.1) is 11.6 Å². The van der Waals surface area contributed by atoms with Crippen LogP contribution in [0.15, 0.2) is 91.3 Å². The highest BCUT2D eigenvalue weighted by atomic mass is 16.5. The number of hydrogen-bond acceptors (Lipinski definition) is 5. The lowest BCUT2D eigenvalue weighted by molar-refractivity contribution is -0.140. The highest BCUT2D eigenvalue weighted by molar-refractivity contribution is 6.46. The maximum absolute atomic E-state index is 13.3. The number of aliphatic hydroxyl groups excluding tert-OH is 1. The van der Waals surface area contributed by atoms with Gasteiger partial charge in [-0.25, -0.2) is 0 Å². The van der Waals surface area contributed by atoms with Crippen LogP contribution in [0.5, 0.6) is 5.75 Å². The summed E-state index contributed by atoms with van der Waals surface area (Å²) < 4.78 is 5.52. The molecule has 6 nitrogen and oxygen atoms in total. The molecule has 1 aliphatic rings. The van der Waals surface area contributed by atoms with Gasteiger partial charge in [-0.1, -0.05) is 57.7 Å². The van der Waals surface area contributed by atoms with Crippen molar-refractivity contribution < 1.29 is 19.4 Å². The molecule has 2 heterocycles. The Kier molecular flexibility index (Phi) is 7.06. The number of ether oxygens (including phenoxy) is 1. The van der Waals surface area contributed by atoms with Gasteiger partial charge < -0.3 is 14.7 Å². The van der Waals surface area contributed by atoms with Crippen molar-refractivity contribution in [1.29, 1.82) is 0 Å². The lowest BCUT2D eigenvalue weighted by Crippen LogP contribution is -2.29. The summed E-state index contributed by atoms with van der Waals surface area (Å²) >= 11 is 0. The first-order chi connectivity index (χ1) is 17.2. The summed E-state index contributed by atoms with van der Waals surface area (Å²) in [6.45, 7) is 10.6. The maximum Gasteiger partial charge on any atom is 0.295 e. The molecule has 1 aliphatic heterocycles. The molecule has 0 radical (unpaired) electrons. The van der Waals surface area contributed by atoms with Crippen LogP contribution in [0.4, 0.5) is 0 Å². The molecule has 1 unspecified atom stereocenters. The Labute approximate surface area is 211 Å². The fourth-order valence-corrected chi connectivity index (χ4v) is 4.26. The van der Waals surface area contributed by atoms with Crippen molar-refractivity contribution in [2.24, 2.45) is 0 Å². The minimum atomic E-state index is -0.733. The third-order valence-corrected chi connectivity index (χ3v) is 6.23. The smallest absolute Gasteiger partial charge is 0.295 e. The third-order valence-electron chi connectivity index (χ3n) is 6.23. The van der Waals surface area contributed by atoms with Gasteiger partial charge in [0.15, 0.2) is 0 Å². The second-order valence-corrected chi connectivity index (χ2v) is 9.78. The number of benzene rings is 2. The topological polar surface area (TPSA) is 79.7 Å². The lowest BCUT2D eigenvalue weighted by Gasteiger charge is -2.26. The van der Waals surface area contributed by atoms with Crippen LogP contribution in [0.1, 0.15) is 49.1 Å². The Morgan fingerprint density at radius 3 is 2.25 bits per heavy atom. The van der Waals surface area contributed by atoms with Gasteiger partial charge in [-0.3, -0.25) is 14.6 Å². The molecule has 1 atom stereocenters. The van der Waals surface area contributed by atoms with Gasteiger partial charge in [-0.05, 0) is 58.5 Å². The molecule has 1 amide bonds. The molecule has 184 valence electrons. The predicted molar refractivity (Wildman–Crippen MR) is 139 cm³/mol. The molecular formula is C30H30N2O4. The fourth-order valence-electron chi connectivity index (χ4n) is 4.26. The van der Waals surface area contributed by atoms with E-state index in [1.807, 2.05) is 24.3 Å². The van der Waals surface area contributed by atoms with Gasteiger partial charge in [0.25, 0.3) is 11.7 Å². The highest BCUT2D eigenvalue weighted by Gasteiger charge is 2.46. The van der Waals surface area contributed by atoms with Crippen LogP contribution in [-0.2, 0) is 21.5 Å². The number of Topliss-reactive ketones (excluding diaryl/α,β-unsaturated/α-hetero) is 1. The Hall–Kier alpha value is -4.19. The van der Waals surface area contributed by atoms with E-state index >= 15 is 0 Å². The van der Waals surface area contributed by atoms with Crippen LogP contribution in [0.25, 0.3) is 5.76 Å². The number of aromatic nitrogens is 1. The van der Waals surface area contributed by atoms with Crippen molar-refractivity contribution >= 4 is 17.4 Å². The van der Waals surface area contributed by atoms with E-state index in [4.69, 9.17) is 4.74 Å². The average Bonchev–Trinajstić information content (AvgIpc) is 3.12. The van der Waals surface area contributed by atoms with Crippen LogP contribution >= 0.6 is 0 Å². The normalized spacial score (nSPS) is 17.3. The van der Waals surface area contributed by atoms with Gasteiger partial charge in [0, 0.05) is 24.5 Å². The quantitative estimate of drug-likeness (QED) is 0.206. The largest absolute Gasteiger partial charge is 0.507 e. The zero-order valence-corrected chi connectivity index (χ0v) is 20.8. The third kappa shape index (κ3) is 5.08. The second kappa shape index (κ2) is 10.2. The lowest BCUT2D eigenvalue weighted by atomic mass is 9.85. The van der Waals surface area contributed by atoms with E-state index in [1.54, 1.807) is 54.9 Å². The molecule has 0 spiro atoms. The molecule has 6 heteroatoms. The minimum absolute atomic E-state index is 0.0488. The summed E-state index contributed by atoms with van der Waals surface area (Å²) in [6.07, 6.45) is 4.94. The second-order valence-electron chi connectivity index (χ2n) is 9.78. The summed E-state index contributed by atoms with van der Waals surface area (Å²) in [6, 6.07) is 17.5. The van der Waals surface area contributed by atoms with Crippen molar-refractivity contribution in [3.05, 3.63) is 114 Å². The first kappa shape index (κ1) is 24.9. The Balaban J connectivity index is 1.80. The number of carbonyl (C=O) groups excluding carboxylic acids is 2. The van der Waals surface area contributed by atoms with Gasteiger partial charge in [0.1, 0.15) is 18.1 Å². The Bertz CT molecular complexity index is 1290. The first-order valence-electron chi connectivity index (χ1n) is 11.8. The molecule has 2 aromatic carbocycles. The highest BCUT2D eigenvalue weighted by Crippen LogP contribution is 2.41. The van der Waals surface area contributed by atoms with Crippen molar-refractivity contribution in [3.8, 4) is 5.75 Å². The number of ketones is 1. The van der Waals surface area contributed by atoms with E-state index in [0.717, 1.165) is 16.7 Å². The van der Waals surface area contributed by atoms with Crippen LogP contribution in [0.2, 0.25) is 0 Å². The van der Waals surface area contributed by atoms with Crippen LogP contribution in [0, 0.1) is 0 Å². The van der Waals surface area contributed by atoms with Crippen LogP contribution in [0.3, 0.4) is 0 Å². The van der Waals surface area contributed by atoms with E-state index < -0.39 is 17.7 Å². The van der Waals surface area contributed by atoms with Crippen molar-refractivity contribution in [2.45, 2.75) is 38.8 Å². The number of aliphatic hydroxyl groups is 1. The first-order valence-corrected chi connectivity index (χ1v) is 11.8. The van der Waals surface area contributed by atoms with Gasteiger partial charge >= 0.3 is 0 Å². The molecule has 4 rings (SSSR count). The summed E-state index contributed by atoms with van der Waals surface area (Å²) in [4.78, 5) is 32.1. The Morgan fingerprint density at radius 2 is 1.67 bits per heavy atom. The zero-order chi connectivity index (χ0) is 25.9. The van der Waals surface area contributed by atoms with E-state index in [1.165, 1.54) is 4.90 Å². The molecule has 1 aromatic heterocycles. The van der Waals surface area contributed by atoms with Crippen molar-refractivity contribution in [2.75, 3.05) is 6.61 Å². The summed E-state index contributed by atoms with van der Waals surface area (Å²) in [5, 5.41) is 11.3. The Morgan fingerprint density at radius 1 is 1.03 bits per heavy atom. The number of likely N-dealkylation sites (tertiary alicyclic amines) is 1. The SMILES string of the molecule is C=CCOc1ccc(/C(O)=C2\C(=O)C(=O)N(Cc3ccncc3)C2c2ccc(C(C)(C)C)cc2)cc1. The molecule has 1 saturated heterocycles. The van der Waals surface area contributed by atoms with E-state index in [-0.39, 0.29) is 23.3 Å². The molecule has 36 heavy (non-hydrogen) atoms. The fraction of sp³-hybridized carbons (Fsp3) is 0.233. The van der Waals surface area contributed by atoms with Gasteiger partial charge in [-0.15, -0.1) is 0 Å². The van der Waals surface area contributed by atoms with Gasteiger partial charge in [-0.2, -0.15) is 0 Å². The number of rotatable bonds is 7. The number of nitrogens with zero attached hydrogens (tertiary/aromatic N) is 2. The van der Waals surface area contributed by atoms with E-state index in [9.17, 15) is 14.7 Å².